The molecule has 15 heavy (non-hydrogen) atoms. The molecule has 0 saturated heterocycles. The molecule has 0 heteroatoms. The average molecular weight is 196 g/mol. The van der Waals surface area contributed by atoms with Gasteiger partial charge in [0.15, 0.2) is 0 Å². The van der Waals surface area contributed by atoms with E-state index in [9.17, 15) is 0 Å². The minimum atomic E-state index is 0.714. The minimum absolute atomic E-state index is 0.714. The molecule has 76 valence electrons. The summed E-state index contributed by atoms with van der Waals surface area (Å²) in [7, 11) is 0. The van der Waals surface area contributed by atoms with E-state index in [1.807, 2.05) is 0 Å². The molecule has 0 amide bonds. The Balaban J connectivity index is 2.35. The predicted octanol–water partition coefficient (Wildman–Crippen LogP) is 4.14. The van der Waals surface area contributed by atoms with Crippen LogP contribution >= 0.6 is 0 Å². The molecule has 2 unspecified atom stereocenters. The highest BCUT2D eigenvalue weighted by molar-refractivity contribution is 5.87. The van der Waals surface area contributed by atoms with Crippen molar-refractivity contribution < 1.29 is 0 Å². The summed E-state index contributed by atoms with van der Waals surface area (Å²) in [5.74, 6) is 1.51. The summed E-state index contributed by atoms with van der Waals surface area (Å²) in [6.07, 6.45) is 1.25. The fourth-order valence-electron chi connectivity index (χ4n) is 2.86. The Labute approximate surface area is 90.9 Å². The summed E-state index contributed by atoms with van der Waals surface area (Å²) >= 11 is 0. The quantitative estimate of drug-likeness (QED) is 0.594. The van der Waals surface area contributed by atoms with Crippen LogP contribution in [0.4, 0.5) is 0 Å². The summed E-state index contributed by atoms with van der Waals surface area (Å²) in [4.78, 5) is 0. The van der Waals surface area contributed by atoms with Gasteiger partial charge in [-0.15, -0.1) is 0 Å². The van der Waals surface area contributed by atoms with E-state index in [2.05, 4.69) is 50.2 Å². The van der Waals surface area contributed by atoms with Gasteiger partial charge in [-0.3, -0.25) is 0 Å². The van der Waals surface area contributed by atoms with Gasteiger partial charge in [0.2, 0.25) is 0 Å². The lowest BCUT2D eigenvalue weighted by Crippen LogP contribution is -1.98. The van der Waals surface area contributed by atoms with Gasteiger partial charge in [0.25, 0.3) is 0 Å². The maximum Gasteiger partial charge on any atom is -0.0146 e. The SMILES string of the molecule is CC1Cc2ccc3ccccc3c2C1C. The van der Waals surface area contributed by atoms with E-state index < -0.39 is 0 Å². The number of fused-ring (bicyclic) bond motifs is 3. The van der Waals surface area contributed by atoms with Gasteiger partial charge >= 0.3 is 0 Å². The Bertz CT molecular complexity index is 510. The van der Waals surface area contributed by atoms with Crippen molar-refractivity contribution in [3.8, 4) is 0 Å². The molecule has 0 aliphatic heterocycles. The molecular weight excluding hydrogens is 180 g/mol. The van der Waals surface area contributed by atoms with Crippen LogP contribution < -0.4 is 0 Å². The van der Waals surface area contributed by atoms with Gasteiger partial charge in [-0.25, -0.2) is 0 Å². The van der Waals surface area contributed by atoms with Crippen molar-refractivity contribution in [2.75, 3.05) is 0 Å². The van der Waals surface area contributed by atoms with Crippen LogP contribution in [0.15, 0.2) is 36.4 Å². The Kier molecular flexibility index (Phi) is 1.85. The lowest BCUT2D eigenvalue weighted by molar-refractivity contribution is 0.533. The van der Waals surface area contributed by atoms with Crippen LogP contribution in [0.1, 0.15) is 30.9 Å². The highest BCUT2D eigenvalue weighted by atomic mass is 14.3. The molecule has 0 saturated carbocycles. The fraction of sp³-hybridized carbons (Fsp3) is 0.333. The average Bonchev–Trinajstić information content (AvgIpc) is 2.55. The number of hydrogen-bond donors (Lipinski definition) is 0. The first kappa shape index (κ1) is 8.96. The molecular formula is C15H16. The lowest BCUT2D eigenvalue weighted by atomic mass is 9.93. The number of hydrogen-bond acceptors (Lipinski definition) is 0. The van der Waals surface area contributed by atoms with Crippen LogP contribution in [0.2, 0.25) is 0 Å². The van der Waals surface area contributed by atoms with Crippen LogP contribution in [0.5, 0.6) is 0 Å². The molecule has 0 aromatic heterocycles. The molecule has 1 aliphatic carbocycles. The summed E-state index contributed by atoms with van der Waals surface area (Å²) in [5.41, 5.74) is 3.16. The summed E-state index contributed by atoms with van der Waals surface area (Å²) in [6.45, 7) is 4.72. The third-order valence-corrected chi connectivity index (χ3v) is 3.91. The lowest BCUT2D eigenvalue weighted by Gasteiger charge is -2.12. The molecule has 2 aromatic carbocycles. The van der Waals surface area contributed by atoms with Gasteiger partial charge in [0.1, 0.15) is 0 Å². The number of rotatable bonds is 0. The second kappa shape index (κ2) is 3.10. The second-order valence-electron chi connectivity index (χ2n) is 4.83. The van der Waals surface area contributed by atoms with Crippen molar-refractivity contribution in [2.24, 2.45) is 5.92 Å². The largest absolute Gasteiger partial charge is 0.0616 e. The van der Waals surface area contributed by atoms with Gasteiger partial charge in [0, 0.05) is 0 Å². The predicted molar refractivity (Wildman–Crippen MR) is 65.2 cm³/mol. The van der Waals surface area contributed by atoms with Crippen molar-refractivity contribution in [3.05, 3.63) is 47.5 Å². The van der Waals surface area contributed by atoms with Crippen molar-refractivity contribution in [3.63, 3.8) is 0 Å². The van der Waals surface area contributed by atoms with E-state index in [-0.39, 0.29) is 0 Å². The normalized spacial score (nSPS) is 24.4. The van der Waals surface area contributed by atoms with Gasteiger partial charge < -0.3 is 0 Å². The minimum Gasteiger partial charge on any atom is -0.0616 e. The Morgan fingerprint density at radius 2 is 1.80 bits per heavy atom. The smallest absolute Gasteiger partial charge is 0.0146 e. The molecule has 3 rings (SSSR count). The van der Waals surface area contributed by atoms with E-state index >= 15 is 0 Å². The van der Waals surface area contributed by atoms with Crippen molar-refractivity contribution in [1.29, 1.82) is 0 Å². The highest BCUT2D eigenvalue weighted by Crippen LogP contribution is 2.41. The maximum atomic E-state index is 2.36. The Hall–Kier alpha value is -1.30. The molecule has 1 aliphatic rings. The van der Waals surface area contributed by atoms with Crippen molar-refractivity contribution >= 4 is 10.8 Å². The van der Waals surface area contributed by atoms with E-state index in [0.717, 1.165) is 5.92 Å². The van der Waals surface area contributed by atoms with Crippen LogP contribution in [-0.4, -0.2) is 0 Å². The maximum absolute atomic E-state index is 2.36. The zero-order valence-corrected chi connectivity index (χ0v) is 9.33. The first-order valence-electron chi connectivity index (χ1n) is 5.78. The molecule has 0 nitrogen and oxygen atoms in total. The molecule has 2 aromatic rings. The topological polar surface area (TPSA) is 0 Å². The standard InChI is InChI=1S/C15H16/c1-10-9-13-8-7-12-5-3-4-6-14(12)15(13)11(10)2/h3-8,10-11H,9H2,1-2H3. The molecule has 0 spiro atoms. The van der Waals surface area contributed by atoms with Crippen molar-refractivity contribution in [1.82, 2.24) is 0 Å². The molecule has 0 heterocycles. The van der Waals surface area contributed by atoms with Gasteiger partial charge in [-0.1, -0.05) is 50.2 Å². The van der Waals surface area contributed by atoms with E-state index in [1.54, 1.807) is 11.1 Å². The van der Waals surface area contributed by atoms with Crippen LogP contribution in [0.3, 0.4) is 0 Å². The first-order valence-corrected chi connectivity index (χ1v) is 5.78. The fourth-order valence-corrected chi connectivity index (χ4v) is 2.86. The zero-order chi connectivity index (χ0) is 10.4. The molecule has 2 atom stereocenters. The van der Waals surface area contributed by atoms with Gasteiger partial charge in [-0.2, -0.15) is 0 Å². The Morgan fingerprint density at radius 3 is 2.67 bits per heavy atom. The van der Waals surface area contributed by atoms with Gasteiger partial charge in [-0.05, 0) is 40.2 Å². The monoisotopic (exact) mass is 196 g/mol. The summed E-state index contributed by atoms with van der Waals surface area (Å²) < 4.78 is 0. The van der Waals surface area contributed by atoms with E-state index in [4.69, 9.17) is 0 Å². The third kappa shape index (κ3) is 1.21. The van der Waals surface area contributed by atoms with Crippen LogP contribution in [-0.2, 0) is 6.42 Å². The van der Waals surface area contributed by atoms with Crippen LogP contribution in [0, 0.1) is 5.92 Å². The second-order valence-corrected chi connectivity index (χ2v) is 4.83. The first-order chi connectivity index (χ1) is 7.27. The number of benzene rings is 2. The zero-order valence-electron chi connectivity index (χ0n) is 9.33. The van der Waals surface area contributed by atoms with E-state index in [0.29, 0.717) is 5.92 Å². The summed E-state index contributed by atoms with van der Waals surface area (Å²) in [6, 6.07) is 13.3. The van der Waals surface area contributed by atoms with Gasteiger partial charge in [0.05, 0.1) is 0 Å². The molecule has 0 radical (unpaired) electrons. The molecule has 0 fully saturated rings. The Morgan fingerprint density at radius 1 is 1.00 bits per heavy atom. The van der Waals surface area contributed by atoms with Crippen LogP contribution in [0.25, 0.3) is 10.8 Å². The van der Waals surface area contributed by atoms with Crippen molar-refractivity contribution in [2.45, 2.75) is 26.2 Å². The third-order valence-electron chi connectivity index (χ3n) is 3.91. The molecule has 0 bridgehead atoms. The van der Waals surface area contributed by atoms with E-state index in [1.165, 1.54) is 17.2 Å². The highest BCUT2D eigenvalue weighted by Gasteiger charge is 2.26. The molecule has 0 N–H and O–H groups in total. The summed E-state index contributed by atoms with van der Waals surface area (Å²) in [5, 5.41) is 2.85.